The first kappa shape index (κ1) is 16.7. The van der Waals surface area contributed by atoms with E-state index in [1.54, 1.807) is 5.01 Å². The molecule has 4 nitrogen and oxygen atoms in total. The summed E-state index contributed by atoms with van der Waals surface area (Å²) < 4.78 is 0. The summed E-state index contributed by atoms with van der Waals surface area (Å²) in [5.41, 5.74) is 1.13. The van der Waals surface area contributed by atoms with Gasteiger partial charge < -0.3 is 15.2 Å². The molecule has 0 bridgehead atoms. The van der Waals surface area contributed by atoms with Crippen LogP contribution in [-0.2, 0) is 0 Å². The van der Waals surface area contributed by atoms with Gasteiger partial charge in [-0.2, -0.15) is 0 Å². The summed E-state index contributed by atoms with van der Waals surface area (Å²) in [5, 5.41) is 13.2. The predicted octanol–water partition coefficient (Wildman–Crippen LogP) is 2.13. The Kier molecular flexibility index (Phi) is 11.9. The zero-order valence-electron chi connectivity index (χ0n) is 11.0. The monoisotopic (exact) mass is 261 g/mol. The van der Waals surface area contributed by atoms with Crippen LogP contribution >= 0.6 is 9.39 Å². The average Bonchev–Trinajstić information content (AvgIpc) is 2.31. The van der Waals surface area contributed by atoms with Gasteiger partial charge in [-0.05, 0) is 28.7 Å². The fraction of sp³-hybridized carbons (Fsp3) is 0.833. The summed E-state index contributed by atoms with van der Waals surface area (Å²) in [6, 6.07) is 0. The van der Waals surface area contributed by atoms with Crippen molar-refractivity contribution in [2.24, 2.45) is 5.84 Å². The first-order valence-electron chi connectivity index (χ1n) is 6.46. The third-order valence-electron chi connectivity index (χ3n) is 2.79. The van der Waals surface area contributed by atoms with E-state index in [4.69, 9.17) is 10.9 Å². The average molecular weight is 261 g/mol. The molecule has 0 aromatic heterocycles. The van der Waals surface area contributed by atoms with Crippen LogP contribution in [0.15, 0.2) is 11.9 Å². The Hall–Kier alpha value is -0.310. The highest BCUT2D eigenvalue weighted by Gasteiger charge is 2.00. The largest absolute Gasteiger partial charge is 0.396 e. The van der Waals surface area contributed by atoms with Gasteiger partial charge in [0.1, 0.15) is 0 Å². The summed E-state index contributed by atoms with van der Waals surface area (Å²) in [5.74, 6) is 5.71. The van der Waals surface area contributed by atoms with Gasteiger partial charge in [-0.3, -0.25) is 0 Å². The zero-order chi connectivity index (χ0) is 12.9. The molecule has 0 spiro atoms. The van der Waals surface area contributed by atoms with Crippen LogP contribution in [0.25, 0.3) is 0 Å². The molecule has 1 unspecified atom stereocenters. The lowest BCUT2D eigenvalue weighted by Gasteiger charge is -2.16. The minimum atomic E-state index is 0.332. The lowest BCUT2D eigenvalue weighted by atomic mass is 10.1. The van der Waals surface area contributed by atoms with Crippen molar-refractivity contribution in [2.75, 3.05) is 13.7 Å². The second-order valence-corrected chi connectivity index (χ2v) is 4.70. The molecule has 0 aliphatic rings. The lowest BCUT2D eigenvalue weighted by molar-refractivity contribution is 0.282. The van der Waals surface area contributed by atoms with Crippen molar-refractivity contribution < 1.29 is 5.11 Å². The Morgan fingerprint density at radius 2 is 1.71 bits per heavy atom. The van der Waals surface area contributed by atoms with Gasteiger partial charge in [0.05, 0.1) is 0 Å². The number of unbranched alkanes of at least 4 members (excludes halogenated alkanes) is 6. The number of hydrogen-bond acceptors (Lipinski definition) is 4. The molecular weight excluding hydrogens is 233 g/mol. The number of nitrogens with one attached hydrogen (secondary N) is 1. The van der Waals surface area contributed by atoms with E-state index in [2.05, 4.69) is 14.5 Å². The van der Waals surface area contributed by atoms with Crippen LogP contribution in [0.1, 0.15) is 51.4 Å². The third-order valence-corrected chi connectivity index (χ3v) is 2.96. The van der Waals surface area contributed by atoms with E-state index >= 15 is 0 Å². The maximum absolute atomic E-state index is 8.64. The maximum Gasteiger partial charge on any atom is 0.0446 e. The van der Waals surface area contributed by atoms with Crippen molar-refractivity contribution >= 4 is 9.39 Å². The van der Waals surface area contributed by atoms with Crippen molar-refractivity contribution in [1.29, 1.82) is 0 Å². The van der Waals surface area contributed by atoms with Crippen molar-refractivity contribution in [3.63, 3.8) is 0 Å². The first-order chi connectivity index (χ1) is 8.22. The van der Waals surface area contributed by atoms with Gasteiger partial charge in [0, 0.05) is 25.6 Å². The predicted molar refractivity (Wildman–Crippen MR) is 76.9 cm³/mol. The molecule has 0 aliphatic carbocycles. The molecule has 0 saturated carbocycles. The molecule has 5 heteroatoms. The molecule has 0 aliphatic heterocycles. The minimum Gasteiger partial charge on any atom is -0.396 e. The van der Waals surface area contributed by atoms with E-state index in [0.717, 1.165) is 25.0 Å². The van der Waals surface area contributed by atoms with Gasteiger partial charge in [0.25, 0.3) is 0 Å². The second kappa shape index (κ2) is 12.2. The fourth-order valence-electron chi connectivity index (χ4n) is 1.75. The normalized spacial score (nSPS) is 11.6. The lowest BCUT2D eigenvalue weighted by Crippen LogP contribution is -2.25. The Morgan fingerprint density at radius 3 is 2.18 bits per heavy atom. The summed E-state index contributed by atoms with van der Waals surface area (Å²) >= 11 is 0. The Labute approximate surface area is 108 Å². The van der Waals surface area contributed by atoms with Crippen LogP contribution in [-0.4, -0.2) is 23.8 Å². The Balaban J connectivity index is 3.40. The van der Waals surface area contributed by atoms with Crippen LogP contribution in [0.2, 0.25) is 0 Å². The number of nitrogens with two attached hydrogens (primary N) is 1. The maximum atomic E-state index is 8.64. The molecule has 0 radical (unpaired) electrons. The molecule has 0 aromatic rings. The Morgan fingerprint density at radius 1 is 1.18 bits per heavy atom. The molecule has 0 amide bonds. The van der Waals surface area contributed by atoms with Gasteiger partial charge in [-0.25, -0.2) is 5.84 Å². The molecule has 17 heavy (non-hydrogen) atoms. The summed E-state index contributed by atoms with van der Waals surface area (Å²) in [4.78, 5) is 0. The van der Waals surface area contributed by atoms with Crippen LogP contribution in [0.3, 0.4) is 0 Å². The number of aliphatic hydroxyl groups excluding tert-OH is 1. The van der Waals surface area contributed by atoms with E-state index in [0.29, 0.717) is 6.61 Å². The summed E-state index contributed by atoms with van der Waals surface area (Å²) in [6.45, 7) is 0.332. The van der Waals surface area contributed by atoms with Gasteiger partial charge in [0.15, 0.2) is 0 Å². The van der Waals surface area contributed by atoms with Crippen molar-refractivity contribution in [3.05, 3.63) is 11.9 Å². The quantitative estimate of drug-likeness (QED) is 0.231. The molecule has 0 heterocycles. The molecule has 0 rings (SSSR count). The molecule has 0 aromatic carbocycles. The molecule has 1 atom stereocenters. The molecule has 0 fully saturated rings. The van der Waals surface area contributed by atoms with Crippen LogP contribution in [0, 0.1) is 0 Å². The van der Waals surface area contributed by atoms with Crippen LogP contribution < -0.4 is 10.9 Å². The molecule has 4 N–H and O–H groups in total. The van der Waals surface area contributed by atoms with Crippen molar-refractivity contribution in [2.45, 2.75) is 51.4 Å². The van der Waals surface area contributed by atoms with Gasteiger partial charge in [0.2, 0.25) is 0 Å². The topological polar surface area (TPSA) is 61.5 Å². The number of rotatable bonds is 11. The van der Waals surface area contributed by atoms with E-state index < -0.39 is 0 Å². The smallest absolute Gasteiger partial charge is 0.0446 e. The minimum absolute atomic E-state index is 0.332. The molecular formula is C12H28N3OP. The number of nitrogens with zero attached hydrogens (tertiary/aromatic N) is 1. The number of allylic oxidation sites excluding steroid dienone is 1. The van der Waals surface area contributed by atoms with Crippen LogP contribution in [0.4, 0.5) is 0 Å². The summed E-state index contributed by atoms with van der Waals surface area (Å²) in [6.07, 6.45) is 11.3. The highest BCUT2D eigenvalue weighted by atomic mass is 31.0. The van der Waals surface area contributed by atoms with Gasteiger partial charge in [-0.15, -0.1) is 0 Å². The second-order valence-electron chi connectivity index (χ2n) is 4.36. The highest BCUT2D eigenvalue weighted by molar-refractivity contribution is 7.13. The van der Waals surface area contributed by atoms with Gasteiger partial charge >= 0.3 is 0 Å². The zero-order valence-corrected chi connectivity index (χ0v) is 12.1. The number of hydrogen-bond donors (Lipinski definition) is 3. The summed E-state index contributed by atoms with van der Waals surface area (Å²) in [7, 11) is 4.31. The standard InChI is InChI=1S/C12H28N3OP/c1-15(13)12(11-14-17)9-7-5-3-2-4-6-8-10-16/h11,14,16H,2-10,13,17H2,1H3. The SMILES string of the molecule is CN(N)C(=CNP)CCCCCCCCCO. The molecule has 102 valence electrons. The van der Waals surface area contributed by atoms with Crippen LogP contribution in [0.5, 0.6) is 0 Å². The van der Waals surface area contributed by atoms with E-state index in [1.807, 2.05) is 13.2 Å². The van der Waals surface area contributed by atoms with Crippen molar-refractivity contribution in [1.82, 2.24) is 10.1 Å². The highest BCUT2D eigenvalue weighted by Crippen LogP contribution is 2.12. The van der Waals surface area contributed by atoms with E-state index in [-0.39, 0.29) is 0 Å². The van der Waals surface area contributed by atoms with Crippen molar-refractivity contribution in [3.8, 4) is 0 Å². The Bertz CT molecular complexity index is 198. The number of aliphatic hydroxyl groups is 1. The van der Waals surface area contributed by atoms with E-state index in [1.165, 1.54) is 32.1 Å². The molecule has 0 saturated heterocycles. The number of hydrazine groups is 1. The third kappa shape index (κ3) is 10.6. The van der Waals surface area contributed by atoms with Gasteiger partial charge in [-0.1, -0.05) is 32.1 Å². The van der Waals surface area contributed by atoms with E-state index in [9.17, 15) is 0 Å². The fourth-order valence-corrected chi connectivity index (χ4v) is 1.94. The first-order valence-corrected chi connectivity index (χ1v) is 7.04.